The molecule has 0 saturated heterocycles. The van der Waals surface area contributed by atoms with Crippen LogP contribution in [0.25, 0.3) is 0 Å². The Morgan fingerprint density at radius 1 is 1.00 bits per heavy atom. The molecule has 0 spiro atoms. The summed E-state index contributed by atoms with van der Waals surface area (Å²) in [5.74, 6) is -1.31. The van der Waals surface area contributed by atoms with Crippen molar-refractivity contribution >= 4 is 33.3 Å². The van der Waals surface area contributed by atoms with E-state index in [1.165, 1.54) is 41.6 Å². The maximum Gasteiger partial charge on any atom is 0.338 e. The number of ether oxygens (including phenoxy) is 1. The van der Waals surface area contributed by atoms with E-state index in [-0.39, 0.29) is 17.0 Å². The van der Waals surface area contributed by atoms with Crippen LogP contribution in [0.4, 0.5) is 11.4 Å². The molecule has 0 radical (unpaired) electrons. The minimum atomic E-state index is -3.98. The van der Waals surface area contributed by atoms with E-state index in [9.17, 15) is 18.0 Å². The summed E-state index contributed by atoms with van der Waals surface area (Å²) < 4.78 is 33.0. The average molecular weight is 465 g/mol. The van der Waals surface area contributed by atoms with Crippen molar-refractivity contribution in [2.24, 2.45) is 0 Å². The second kappa shape index (κ2) is 10.6. The van der Waals surface area contributed by atoms with Gasteiger partial charge in [-0.15, -0.1) is 6.58 Å². The topological polar surface area (TPSA) is 92.8 Å². The van der Waals surface area contributed by atoms with Gasteiger partial charge in [0.05, 0.1) is 22.7 Å². The predicted molar refractivity (Wildman–Crippen MR) is 128 cm³/mol. The molecule has 33 heavy (non-hydrogen) atoms. The number of benzene rings is 3. The molecule has 1 N–H and O–H groups in total. The zero-order valence-corrected chi connectivity index (χ0v) is 18.9. The number of anilines is 2. The number of amides is 1. The Balaban J connectivity index is 1.78. The third-order valence-electron chi connectivity index (χ3n) is 4.69. The van der Waals surface area contributed by atoms with Crippen LogP contribution < -0.4 is 9.62 Å². The Morgan fingerprint density at radius 3 is 2.27 bits per heavy atom. The number of rotatable bonds is 9. The predicted octanol–water partition coefficient (Wildman–Crippen LogP) is 4.25. The van der Waals surface area contributed by atoms with Crippen molar-refractivity contribution < 1.29 is 22.7 Å². The minimum Gasteiger partial charge on any atom is -0.449 e. The van der Waals surface area contributed by atoms with Crippen LogP contribution in [0.15, 0.2) is 102 Å². The van der Waals surface area contributed by atoms with E-state index in [1.807, 2.05) is 6.07 Å². The molecule has 0 heterocycles. The number of carbonyl (C=O) groups excluding carboxylic acids is 2. The van der Waals surface area contributed by atoms with Gasteiger partial charge in [-0.1, -0.05) is 48.5 Å². The molecule has 0 aliphatic heterocycles. The molecule has 7 nitrogen and oxygen atoms in total. The lowest BCUT2D eigenvalue weighted by atomic mass is 10.2. The van der Waals surface area contributed by atoms with Crippen LogP contribution in [0.5, 0.6) is 0 Å². The normalized spacial score (nSPS) is 11.8. The Hall–Kier alpha value is -3.91. The smallest absolute Gasteiger partial charge is 0.338 e. The van der Waals surface area contributed by atoms with E-state index in [1.54, 1.807) is 54.6 Å². The monoisotopic (exact) mass is 464 g/mol. The molecule has 3 rings (SSSR count). The van der Waals surface area contributed by atoms with E-state index in [2.05, 4.69) is 11.9 Å². The van der Waals surface area contributed by atoms with Gasteiger partial charge in [-0.3, -0.25) is 9.10 Å². The van der Waals surface area contributed by atoms with E-state index in [0.717, 1.165) is 0 Å². The zero-order valence-electron chi connectivity index (χ0n) is 18.0. The van der Waals surface area contributed by atoms with Crippen molar-refractivity contribution in [3.63, 3.8) is 0 Å². The van der Waals surface area contributed by atoms with Crippen molar-refractivity contribution in [3.8, 4) is 0 Å². The van der Waals surface area contributed by atoms with Crippen molar-refractivity contribution in [3.05, 3.63) is 103 Å². The van der Waals surface area contributed by atoms with Gasteiger partial charge in [-0.05, 0) is 49.4 Å². The molecular formula is C25H24N2O5S. The van der Waals surface area contributed by atoms with Gasteiger partial charge in [0.2, 0.25) is 0 Å². The molecule has 0 aliphatic carbocycles. The lowest BCUT2D eigenvalue weighted by molar-refractivity contribution is -0.123. The van der Waals surface area contributed by atoms with Gasteiger partial charge >= 0.3 is 5.97 Å². The average Bonchev–Trinajstić information content (AvgIpc) is 2.83. The number of nitrogens with zero attached hydrogens (tertiary/aromatic N) is 1. The number of hydrogen-bond acceptors (Lipinski definition) is 5. The summed E-state index contributed by atoms with van der Waals surface area (Å²) in [6.07, 6.45) is 0.398. The van der Waals surface area contributed by atoms with Gasteiger partial charge in [0.25, 0.3) is 15.9 Å². The molecule has 1 atom stereocenters. The lowest BCUT2D eigenvalue weighted by Gasteiger charge is -2.23. The van der Waals surface area contributed by atoms with Crippen LogP contribution in [0.1, 0.15) is 17.3 Å². The second-order valence-corrected chi connectivity index (χ2v) is 8.95. The van der Waals surface area contributed by atoms with E-state index >= 15 is 0 Å². The second-order valence-electron chi connectivity index (χ2n) is 7.09. The summed E-state index contributed by atoms with van der Waals surface area (Å²) in [6.45, 7) is 5.14. The van der Waals surface area contributed by atoms with Crippen molar-refractivity contribution in [1.29, 1.82) is 0 Å². The molecule has 170 valence electrons. The molecule has 0 unspecified atom stereocenters. The summed E-state index contributed by atoms with van der Waals surface area (Å²) in [5.41, 5.74) is 1.06. The molecule has 0 aromatic heterocycles. The number of hydrogen-bond donors (Lipinski definition) is 1. The summed E-state index contributed by atoms with van der Waals surface area (Å²) in [6, 6.07) is 22.9. The summed E-state index contributed by atoms with van der Waals surface area (Å²) >= 11 is 0. The van der Waals surface area contributed by atoms with E-state index in [4.69, 9.17) is 4.74 Å². The highest BCUT2D eigenvalue weighted by atomic mass is 32.2. The third-order valence-corrected chi connectivity index (χ3v) is 6.48. The Bertz CT molecular complexity index is 1230. The van der Waals surface area contributed by atoms with Crippen LogP contribution in [0.2, 0.25) is 0 Å². The highest BCUT2D eigenvalue weighted by Crippen LogP contribution is 2.24. The Labute approximate surface area is 193 Å². The third kappa shape index (κ3) is 5.87. The molecule has 0 saturated carbocycles. The lowest BCUT2D eigenvalue weighted by Crippen LogP contribution is -2.31. The fraction of sp³-hybridized carbons (Fsp3) is 0.120. The molecule has 3 aromatic carbocycles. The summed E-state index contributed by atoms with van der Waals surface area (Å²) in [4.78, 5) is 24.9. The molecular weight excluding hydrogens is 440 g/mol. The maximum absolute atomic E-state index is 13.3. The quantitative estimate of drug-likeness (QED) is 0.377. The van der Waals surface area contributed by atoms with Gasteiger partial charge in [-0.25, -0.2) is 13.2 Å². The molecule has 0 aliphatic rings. The van der Waals surface area contributed by atoms with Gasteiger partial charge in [0.15, 0.2) is 6.10 Å². The highest BCUT2D eigenvalue weighted by molar-refractivity contribution is 7.92. The number of nitrogens with one attached hydrogen (secondary N) is 1. The standard InChI is InChI=1S/C25H24N2O5S/c1-3-17-27(22-14-8-5-9-15-22)33(30,31)23-16-10-11-20(18-23)25(29)32-19(2)24(28)26-21-12-6-4-7-13-21/h3-16,18-19H,1,17H2,2H3,(H,26,28)/t19-/m0/s1. The number of para-hydroxylation sites is 2. The first-order chi connectivity index (χ1) is 15.8. The van der Waals surface area contributed by atoms with Gasteiger partial charge < -0.3 is 10.1 Å². The first-order valence-corrected chi connectivity index (χ1v) is 11.6. The molecule has 8 heteroatoms. The van der Waals surface area contributed by atoms with Crippen LogP contribution >= 0.6 is 0 Å². The number of carbonyl (C=O) groups is 2. The largest absolute Gasteiger partial charge is 0.449 e. The number of sulfonamides is 1. The Kier molecular flexibility index (Phi) is 7.63. The van der Waals surface area contributed by atoms with Gasteiger partial charge in [-0.2, -0.15) is 0 Å². The summed E-state index contributed by atoms with van der Waals surface area (Å²) in [5, 5.41) is 2.65. The van der Waals surface area contributed by atoms with Crippen molar-refractivity contribution in [2.45, 2.75) is 17.9 Å². The fourth-order valence-electron chi connectivity index (χ4n) is 3.01. The first-order valence-electron chi connectivity index (χ1n) is 10.2. The minimum absolute atomic E-state index is 0.0158. The van der Waals surface area contributed by atoms with Gasteiger partial charge in [0.1, 0.15) is 0 Å². The van der Waals surface area contributed by atoms with Gasteiger partial charge in [0, 0.05) is 5.69 Å². The molecule has 0 bridgehead atoms. The van der Waals surface area contributed by atoms with E-state index in [0.29, 0.717) is 11.4 Å². The van der Waals surface area contributed by atoms with E-state index < -0.39 is 28.0 Å². The summed E-state index contributed by atoms with van der Waals surface area (Å²) in [7, 11) is -3.98. The van der Waals surface area contributed by atoms with Crippen molar-refractivity contribution in [2.75, 3.05) is 16.2 Å². The van der Waals surface area contributed by atoms with Crippen LogP contribution in [0, 0.1) is 0 Å². The molecule has 0 fully saturated rings. The van der Waals surface area contributed by atoms with Crippen LogP contribution in [-0.4, -0.2) is 32.9 Å². The fourth-order valence-corrected chi connectivity index (χ4v) is 4.49. The van der Waals surface area contributed by atoms with Crippen LogP contribution in [0.3, 0.4) is 0 Å². The zero-order chi connectivity index (χ0) is 23.8. The van der Waals surface area contributed by atoms with Crippen LogP contribution in [-0.2, 0) is 19.6 Å². The highest BCUT2D eigenvalue weighted by Gasteiger charge is 2.26. The molecule has 3 aromatic rings. The maximum atomic E-state index is 13.3. The SMILES string of the molecule is C=CCN(c1ccccc1)S(=O)(=O)c1cccc(C(=O)O[C@@H](C)C(=O)Nc2ccccc2)c1. The Morgan fingerprint density at radius 2 is 1.64 bits per heavy atom. The first kappa shape index (κ1) is 23.7. The number of esters is 1. The molecule has 1 amide bonds. The van der Waals surface area contributed by atoms with Crippen molar-refractivity contribution in [1.82, 2.24) is 0 Å².